The molecule has 11 aromatic rings. The summed E-state index contributed by atoms with van der Waals surface area (Å²) in [5.41, 5.74) is 27.1. The normalized spacial score (nSPS) is 16.9. The first-order valence-corrected chi connectivity index (χ1v) is 30.2. The largest absolute Gasteiger partial charge is 0.310 e. The molecule has 3 atom stereocenters. The van der Waals surface area contributed by atoms with E-state index in [9.17, 15) is 8.78 Å². The van der Waals surface area contributed by atoms with Gasteiger partial charge in [0, 0.05) is 34.1 Å². The van der Waals surface area contributed by atoms with Crippen molar-refractivity contribution in [2.24, 2.45) is 5.92 Å². The highest BCUT2D eigenvalue weighted by Crippen LogP contribution is 2.61. The monoisotopic (exact) mass is 1130 g/mol. The fourth-order valence-corrected chi connectivity index (χ4v) is 14.6. The maximum atomic E-state index is 14.9. The molecule has 2 nitrogen and oxygen atoms in total. The lowest BCUT2D eigenvalue weighted by Gasteiger charge is -2.41. The Bertz CT molecular complexity index is 4550. The Morgan fingerprint density at radius 2 is 0.943 bits per heavy atom. The summed E-state index contributed by atoms with van der Waals surface area (Å²) < 4.78 is 29.8. The molecule has 0 bridgehead atoms. The van der Waals surface area contributed by atoms with Gasteiger partial charge >= 0.3 is 0 Å². The summed E-state index contributed by atoms with van der Waals surface area (Å²) >= 11 is 0. The van der Waals surface area contributed by atoms with Gasteiger partial charge in [-0.05, 0) is 237 Å². The first kappa shape index (κ1) is 54.8. The van der Waals surface area contributed by atoms with Crippen LogP contribution in [0, 0.1) is 38.3 Å². The third kappa shape index (κ3) is 9.04. The summed E-state index contributed by atoms with van der Waals surface area (Å²) in [6.07, 6.45) is 12.6. The maximum absolute atomic E-state index is 14.9. The molecule has 0 heterocycles. The molecule has 11 aromatic carbocycles. The van der Waals surface area contributed by atoms with Gasteiger partial charge in [0.1, 0.15) is 11.6 Å². The molecular formula is C83H66F2N2. The van der Waals surface area contributed by atoms with E-state index in [0.717, 1.165) is 69.2 Å². The van der Waals surface area contributed by atoms with Gasteiger partial charge in [0.2, 0.25) is 0 Å². The van der Waals surface area contributed by atoms with Crippen LogP contribution in [0.15, 0.2) is 286 Å². The topological polar surface area (TPSA) is 6.48 Å². The van der Waals surface area contributed by atoms with Gasteiger partial charge in [-0.15, -0.1) is 0 Å². The van der Waals surface area contributed by atoms with Crippen molar-refractivity contribution >= 4 is 40.2 Å². The van der Waals surface area contributed by atoms with E-state index in [1.165, 1.54) is 95.6 Å². The smallest absolute Gasteiger partial charge is 0.123 e. The van der Waals surface area contributed by atoms with E-state index in [4.69, 9.17) is 0 Å². The molecular weight excluding hydrogens is 1060 g/mol. The third-order valence-electron chi connectivity index (χ3n) is 18.8. The molecule has 0 saturated carbocycles. The number of allylic oxidation sites excluding steroid dienone is 5. The molecule has 0 aliphatic heterocycles. The van der Waals surface area contributed by atoms with Gasteiger partial charge in [-0.1, -0.05) is 202 Å². The van der Waals surface area contributed by atoms with Crippen molar-refractivity contribution in [3.63, 3.8) is 0 Å². The van der Waals surface area contributed by atoms with Crippen molar-refractivity contribution in [3.8, 4) is 33.4 Å². The Balaban J connectivity index is 0.864. The molecule has 0 saturated heterocycles. The van der Waals surface area contributed by atoms with Crippen LogP contribution < -0.4 is 9.80 Å². The van der Waals surface area contributed by atoms with Gasteiger partial charge in [0.25, 0.3) is 0 Å². The van der Waals surface area contributed by atoms with Crippen LogP contribution in [0.2, 0.25) is 0 Å². The highest BCUT2D eigenvalue weighted by atomic mass is 19.1. The van der Waals surface area contributed by atoms with Gasteiger partial charge in [0.15, 0.2) is 0 Å². The summed E-state index contributed by atoms with van der Waals surface area (Å²) in [6, 6.07) is 85.2. The van der Waals surface area contributed by atoms with E-state index in [-0.39, 0.29) is 17.6 Å². The Kier molecular flexibility index (Phi) is 13.9. The van der Waals surface area contributed by atoms with Gasteiger partial charge in [0.05, 0.1) is 10.8 Å². The number of aryl methyl sites for hydroxylation is 4. The highest BCUT2D eigenvalue weighted by molar-refractivity contribution is 5.92. The van der Waals surface area contributed by atoms with Gasteiger partial charge in [-0.25, -0.2) is 8.78 Å². The van der Waals surface area contributed by atoms with Crippen LogP contribution in [0.3, 0.4) is 0 Å². The van der Waals surface area contributed by atoms with Gasteiger partial charge in [-0.3, -0.25) is 0 Å². The molecule has 0 amide bonds. The van der Waals surface area contributed by atoms with Crippen molar-refractivity contribution in [2.75, 3.05) is 9.80 Å². The number of hydrogen-bond donors (Lipinski definition) is 0. The fourth-order valence-electron chi connectivity index (χ4n) is 14.6. The van der Waals surface area contributed by atoms with E-state index >= 15 is 0 Å². The molecule has 0 fully saturated rings. The average Bonchev–Trinajstić information content (AvgIpc) is 1.63. The Morgan fingerprint density at radius 1 is 0.448 bits per heavy atom. The van der Waals surface area contributed by atoms with Gasteiger partial charge in [-0.2, -0.15) is 0 Å². The second-order valence-corrected chi connectivity index (χ2v) is 23.6. The molecule has 3 unspecified atom stereocenters. The second kappa shape index (κ2) is 22.0. The predicted molar refractivity (Wildman–Crippen MR) is 359 cm³/mol. The lowest BCUT2D eigenvalue weighted by Crippen LogP contribution is -2.36. The number of rotatable bonds is 14. The van der Waals surface area contributed by atoms with E-state index in [1.807, 2.05) is 36.4 Å². The quantitative estimate of drug-likeness (QED) is 0.107. The van der Waals surface area contributed by atoms with Crippen LogP contribution in [-0.2, 0) is 17.3 Å². The third-order valence-corrected chi connectivity index (χ3v) is 18.8. The number of fused-ring (bicyclic) bond motifs is 6. The van der Waals surface area contributed by atoms with Crippen molar-refractivity contribution < 1.29 is 8.78 Å². The average molecular weight is 1130 g/mol. The molecule has 0 aromatic heterocycles. The molecule has 14 rings (SSSR count). The summed E-state index contributed by atoms with van der Waals surface area (Å²) in [6.45, 7) is 17.1. The summed E-state index contributed by atoms with van der Waals surface area (Å²) in [5.74, 6) is -0.470. The molecule has 3 aliphatic carbocycles. The summed E-state index contributed by atoms with van der Waals surface area (Å²) in [4.78, 5) is 4.49. The van der Waals surface area contributed by atoms with Crippen LogP contribution >= 0.6 is 0 Å². The number of benzene rings is 11. The van der Waals surface area contributed by atoms with Crippen LogP contribution in [0.4, 0.5) is 42.9 Å². The molecule has 0 radical (unpaired) electrons. The SMILES string of the molecule is C=CC1=CCC(C2(c3cc(CC)ccc3C)c3ccccc3-c3ccc(N(c4ccc(F)cc4)c4ccc(-c5ccc(N(c6ccc(F)cc6)c6ccc7c(c6)C(c6ccc(C=C)cc6)(c6cc(C)ccc6C)c6ccccc6-7)cc5)cc4)cc32)C=C1. The zero-order valence-corrected chi connectivity index (χ0v) is 49.5. The first-order chi connectivity index (χ1) is 42.5. The van der Waals surface area contributed by atoms with Crippen LogP contribution in [0.25, 0.3) is 39.5 Å². The molecule has 0 spiro atoms. The summed E-state index contributed by atoms with van der Waals surface area (Å²) in [5, 5.41) is 0. The minimum Gasteiger partial charge on any atom is -0.310 e. The van der Waals surface area contributed by atoms with Crippen molar-refractivity contribution in [3.05, 3.63) is 364 Å². The van der Waals surface area contributed by atoms with Crippen LogP contribution in [0.5, 0.6) is 0 Å². The standard InChI is InChI=1S/C83H66F2N2/c1-7-57-22-30-62(31-23-57)82(78-50-54(4)18-19-55(78)5)76-16-12-10-14-72(76)74-48-46-70(52-80(74)82)86(68-42-34-64(84)35-43-68)66-38-26-60(27-39-66)61-28-40-67(41-29-61)87(69-44-36-65(85)37-45-69)71-47-49-75-73-15-11-13-17-77(73)83(81(75)53-71,63-32-24-58(8-2)25-33-63)79-51-59(9-3)21-20-56(79)6/h7-8,10-32,34-53,63H,1-2,9,33H2,3-6H3. The molecule has 4 heteroatoms. The Hall–Kier alpha value is -10.2. The number of anilines is 6. The highest BCUT2D eigenvalue weighted by Gasteiger charge is 2.51. The zero-order valence-electron chi connectivity index (χ0n) is 49.5. The molecule has 3 aliphatic rings. The summed E-state index contributed by atoms with van der Waals surface area (Å²) in [7, 11) is 0. The minimum absolute atomic E-state index is 0.114. The van der Waals surface area contributed by atoms with Crippen molar-refractivity contribution in [1.82, 2.24) is 0 Å². The molecule has 87 heavy (non-hydrogen) atoms. The van der Waals surface area contributed by atoms with E-state index in [0.29, 0.717) is 0 Å². The zero-order chi connectivity index (χ0) is 59.6. The van der Waals surface area contributed by atoms with E-state index < -0.39 is 10.8 Å². The molecule has 0 N–H and O–H groups in total. The Morgan fingerprint density at radius 3 is 1.49 bits per heavy atom. The van der Waals surface area contributed by atoms with Crippen LogP contribution in [-0.4, -0.2) is 0 Å². The number of nitrogens with zero attached hydrogens (tertiary/aromatic N) is 2. The predicted octanol–water partition coefficient (Wildman–Crippen LogP) is 22.1. The number of halogens is 2. The van der Waals surface area contributed by atoms with E-state index in [2.05, 4.69) is 263 Å². The fraction of sp³-hybridized carbons (Fsp3) is 0.108. The maximum Gasteiger partial charge on any atom is 0.123 e. The van der Waals surface area contributed by atoms with Crippen molar-refractivity contribution in [2.45, 2.75) is 51.4 Å². The Labute approximate surface area is 510 Å². The van der Waals surface area contributed by atoms with E-state index in [1.54, 1.807) is 12.1 Å². The van der Waals surface area contributed by atoms with Crippen molar-refractivity contribution in [1.29, 1.82) is 0 Å². The van der Waals surface area contributed by atoms with Crippen LogP contribution in [0.1, 0.15) is 80.1 Å². The molecule has 422 valence electrons. The lowest BCUT2D eigenvalue weighted by atomic mass is 9.61. The first-order valence-electron chi connectivity index (χ1n) is 30.2. The second-order valence-electron chi connectivity index (χ2n) is 23.6. The minimum atomic E-state index is -0.647. The number of hydrogen-bond acceptors (Lipinski definition) is 2. The van der Waals surface area contributed by atoms with Gasteiger partial charge < -0.3 is 9.80 Å². The lowest BCUT2D eigenvalue weighted by molar-refractivity contribution is 0.454.